The molecule has 0 aliphatic rings. The zero-order valence-corrected chi connectivity index (χ0v) is 13.1. The van der Waals surface area contributed by atoms with E-state index in [0.717, 1.165) is 18.2 Å². The van der Waals surface area contributed by atoms with Gasteiger partial charge in [0, 0.05) is 24.4 Å². The maximum atomic E-state index is 13.8. The van der Waals surface area contributed by atoms with Crippen LogP contribution in [0.5, 0.6) is 0 Å². The van der Waals surface area contributed by atoms with Crippen molar-refractivity contribution in [2.75, 3.05) is 7.05 Å². The number of hydrogen-bond donors (Lipinski definition) is 0. The zero-order valence-electron chi connectivity index (χ0n) is 11.5. The summed E-state index contributed by atoms with van der Waals surface area (Å²) in [7, 11) is 1.55. The van der Waals surface area contributed by atoms with Crippen molar-refractivity contribution in [1.82, 2.24) is 9.88 Å². The molecule has 0 N–H and O–H groups in total. The first-order valence-corrected chi connectivity index (χ1v) is 7.03. The first-order valence-electron chi connectivity index (χ1n) is 6.24. The monoisotopic (exact) mass is 354 g/mol. The Labute approximate surface area is 129 Å². The lowest BCUT2D eigenvalue weighted by molar-refractivity contribution is 0.0740. The Kier molecular flexibility index (Phi) is 4.67. The Balaban J connectivity index is 2.28. The van der Waals surface area contributed by atoms with Crippen molar-refractivity contribution in [2.45, 2.75) is 13.0 Å². The SMILES string of the molecule is CC(c1cc(F)ccc1F)N(C)C(=O)c1ccnc(Br)c1. The van der Waals surface area contributed by atoms with Crippen molar-refractivity contribution >= 4 is 21.8 Å². The minimum atomic E-state index is -0.597. The third kappa shape index (κ3) is 3.44. The molecule has 1 amide bonds. The van der Waals surface area contributed by atoms with Gasteiger partial charge in [-0.1, -0.05) is 0 Å². The van der Waals surface area contributed by atoms with Crippen LogP contribution in [0.25, 0.3) is 0 Å². The van der Waals surface area contributed by atoms with Crippen LogP contribution in [0.4, 0.5) is 8.78 Å². The summed E-state index contributed by atoms with van der Waals surface area (Å²) in [6, 6.07) is 5.76. The normalized spacial score (nSPS) is 12.0. The van der Waals surface area contributed by atoms with Gasteiger partial charge in [-0.25, -0.2) is 13.8 Å². The van der Waals surface area contributed by atoms with Crippen LogP contribution in [0.1, 0.15) is 28.9 Å². The fourth-order valence-corrected chi connectivity index (χ4v) is 2.32. The molecule has 6 heteroatoms. The quantitative estimate of drug-likeness (QED) is 0.781. The van der Waals surface area contributed by atoms with Crippen LogP contribution in [-0.4, -0.2) is 22.8 Å². The van der Waals surface area contributed by atoms with Crippen molar-refractivity contribution < 1.29 is 13.6 Å². The van der Waals surface area contributed by atoms with Gasteiger partial charge in [-0.3, -0.25) is 4.79 Å². The number of halogens is 3. The van der Waals surface area contributed by atoms with E-state index in [1.807, 2.05) is 0 Å². The van der Waals surface area contributed by atoms with Gasteiger partial charge in [0.2, 0.25) is 0 Å². The van der Waals surface area contributed by atoms with Gasteiger partial charge in [0.05, 0.1) is 6.04 Å². The molecule has 1 atom stereocenters. The number of hydrogen-bond acceptors (Lipinski definition) is 2. The van der Waals surface area contributed by atoms with Crippen molar-refractivity contribution in [2.24, 2.45) is 0 Å². The van der Waals surface area contributed by atoms with Gasteiger partial charge in [0.15, 0.2) is 0 Å². The van der Waals surface area contributed by atoms with Crippen LogP contribution in [0.3, 0.4) is 0 Å². The second-order valence-corrected chi connectivity index (χ2v) is 5.44. The molecule has 2 aromatic rings. The molecule has 0 spiro atoms. The van der Waals surface area contributed by atoms with E-state index in [0.29, 0.717) is 10.2 Å². The molecule has 110 valence electrons. The molecule has 0 fully saturated rings. The number of rotatable bonds is 3. The molecular weight excluding hydrogens is 342 g/mol. The van der Waals surface area contributed by atoms with Crippen LogP contribution >= 0.6 is 15.9 Å². The lowest BCUT2D eigenvalue weighted by Crippen LogP contribution is -2.30. The summed E-state index contributed by atoms with van der Waals surface area (Å²) in [5.41, 5.74) is 0.557. The fraction of sp³-hybridized carbons (Fsp3) is 0.200. The highest BCUT2D eigenvalue weighted by atomic mass is 79.9. The largest absolute Gasteiger partial charge is 0.335 e. The highest BCUT2D eigenvalue weighted by Gasteiger charge is 2.22. The van der Waals surface area contributed by atoms with Gasteiger partial charge < -0.3 is 4.90 Å². The molecule has 0 aliphatic carbocycles. The predicted molar refractivity (Wildman–Crippen MR) is 78.8 cm³/mol. The number of amides is 1. The third-order valence-electron chi connectivity index (χ3n) is 3.28. The first kappa shape index (κ1) is 15.6. The van der Waals surface area contributed by atoms with Crippen LogP contribution in [0.2, 0.25) is 0 Å². The van der Waals surface area contributed by atoms with E-state index in [1.165, 1.54) is 11.1 Å². The van der Waals surface area contributed by atoms with Gasteiger partial charge in [0.25, 0.3) is 5.91 Å². The minimum absolute atomic E-state index is 0.138. The lowest BCUT2D eigenvalue weighted by Gasteiger charge is -2.25. The summed E-state index contributed by atoms with van der Waals surface area (Å²) in [6.07, 6.45) is 1.50. The number of pyridine rings is 1. The molecule has 0 bridgehead atoms. The van der Waals surface area contributed by atoms with Gasteiger partial charge in [-0.2, -0.15) is 0 Å². The number of carbonyl (C=O) groups is 1. The standard InChI is InChI=1S/C15H13BrF2N2O/c1-9(12-8-11(17)3-4-13(12)18)20(2)15(21)10-5-6-19-14(16)7-10/h3-9H,1-2H3. The number of carbonyl (C=O) groups excluding carboxylic acids is 1. The Hall–Kier alpha value is -1.82. The topological polar surface area (TPSA) is 33.2 Å². The Morgan fingerprint density at radius 2 is 2.00 bits per heavy atom. The number of benzene rings is 1. The predicted octanol–water partition coefficient (Wildman–Crippen LogP) is 3.96. The average Bonchev–Trinajstić information content (AvgIpc) is 2.47. The number of nitrogens with zero attached hydrogens (tertiary/aromatic N) is 2. The maximum absolute atomic E-state index is 13.8. The molecule has 1 heterocycles. The Morgan fingerprint density at radius 1 is 1.29 bits per heavy atom. The van der Waals surface area contributed by atoms with E-state index in [-0.39, 0.29) is 11.5 Å². The van der Waals surface area contributed by atoms with Crippen LogP contribution in [0.15, 0.2) is 41.1 Å². The average molecular weight is 355 g/mol. The van der Waals surface area contributed by atoms with Crippen molar-refractivity contribution in [3.8, 4) is 0 Å². The van der Waals surface area contributed by atoms with Crippen LogP contribution in [0, 0.1) is 11.6 Å². The Morgan fingerprint density at radius 3 is 2.67 bits per heavy atom. The molecular formula is C15H13BrF2N2O. The van der Waals surface area contributed by atoms with E-state index in [9.17, 15) is 13.6 Å². The third-order valence-corrected chi connectivity index (χ3v) is 3.72. The van der Waals surface area contributed by atoms with E-state index < -0.39 is 17.7 Å². The highest BCUT2D eigenvalue weighted by Crippen LogP contribution is 2.24. The minimum Gasteiger partial charge on any atom is -0.335 e. The molecule has 2 rings (SSSR count). The van der Waals surface area contributed by atoms with Crippen molar-refractivity contribution in [3.05, 3.63) is 63.9 Å². The van der Waals surface area contributed by atoms with Gasteiger partial charge in [-0.15, -0.1) is 0 Å². The molecule has 1 aromatic heterocycles. The molecule has 3 nitrogen and oxygen atoms in total. The lowest BCUT2D eigenvalue weighted by atomic mass is 10.1. The molecule has 0 aliphatic heterocycles. The van der Waals surface area contributed by atoms with Gasteiger partial charge in [-0.05, 0) is 53.2 Å². The summed E-state index contributed by atoms with van der Waals surface area (Å²) in [4.78, 5) is 17.7. The molecule has 0 saturated carbocycles. The van der Waals surface area contributed by atoms with Crippen LogP contribution < -0.4 is 0 Å². The van der Waals surface area contributed by atoms with Gasteiger partial charge >= 0.3 is 0 Å². The molecule has 1 unspecified atom stereocenters. The summed E-state index contributed by atoms with van der Waals surface area (Å²) in [5, 5.41) is 0. The van der Waals surface area contributed by atoms with E-state index in [2.05, 4.69) is 20.9 Å². The fourth-order valence-electron chi connectivity index (χ4n) is 1.96. The van der Waals surface area contributed by atoms with E-state index in [1.54, 1.807) is 26.1 Å². The molecule has 1 aromatic carbocycles. The maximum Gasteiger partial charge on any atom is 0.254 e. The van der Waals surface area contributed by atoms with Crippen molar-refractivity contribution in [1.29, 1.82) is 0 Å². The number of aromatic nitrogens is 1. The summed E-state index contributed by atoms with van der Waals surface area (Å²) < 4.78 is 27.6. The summed E-state index contributed by atoms with van der Waals surface area (Å²) in [5.74, 6) is -1.38. The van der Waals surface area contributed by atoms with Crippen LogP contribution in [-0.2, 0) is 0 Å². The van der Waals surface area contributed by atoms with E-state index in [4.69, 9.17) is 0 Å². The second-order valence-electron chi connectivity index (χ2n) is 4.63. The summed E-state index contributed by atoms with van der Waals surface area (Å²) in [6.45, 7) is 1.64. The van der Waals surface area contributed by atoms with Gasteiger partial charge in [0.1, 0.15) is 16.2 Å². The van der Waals surface area contributed by atoms with Crippen molar-refractivity contribution in [3.63, 3.8) is 0 Å². The molecule has 0 radical (unpaired) electrons. The first-order chi connectivity index (χ1) is 9.90. The smallest absolute Gasteiger partial charge is 0.254 e. The Bertz CT molecular complexity index is 678. The second kappa shape index (κ2) is 6.30. The highest BCUT2D eigenvalue weighted by molar-refractivity contribution is 9.10. The summed E-state index contributed by atoms with van der Waals surface area (Å²) >= 11 is 3.19. The molecule has 0 saturated heterocycles. The van der Waals surface area contributed by atoms with E-state index >= 15 is 0 Å². The molecule has 21 heavy (non-hydrogen) atoms. The zero-order chi connectivity index (χ0) is 15.6.